The van der Waals surface area contributed by atoms with Gasteiger partial charge in [-0.25, -0.2) is 0 Å². The number of rotatable bonds is 1. The number of nitrogens with one attached hydrogen (secondary N) is 1. The molecule has 2 amide bonds. The molecule has 0 aliphatic carbocycles. The van der Waals surface area contributed by atoms with Crippen LogP contribution in [0.15, 0.2) is 0 Å². The van der Waals surface area contributed by atoms with Crippen LogP contribution in [0.25, 0.3) is 0 Å². The summed E-state index contributed by atoms with van der Waals surface area (Å²) in [7, 11) is 1.68. The molecule has 0 bridgehead atoms. The third kappa shape index (κ3) is 1.71. The highest BCUT2D eigenvalue weighted by atomic mass is 16.2. The SMILES string of the molecule is CC1C(=O)N(C2CCCN2)CC(=O)N1C. The predicted molar refractivity (Wildman–Crippen MR) is 55.0 cm³/mol. The van der Waals surface area contributed by atoms with Crippen LogP contribution in [0, 0.1) is 0 Å². The van der Waals surface area contributed by atoms with Crippen molar-refractivity contribution in [2.24, 2.45) is 0 Å². The Kier molecular flexibility index (Phi) is 2.65. The number of hydrogen-bond donors (Lipinski definition) is 1. The van der Waals surface area contributed by atoms with Crippen molar-refractivity contribution in [2.45, 2.75) is 32.0 Å². The zero-order valence-electron chi connectivity index (χ0n) is 9.19. The van der Waals surface area contributed by atoms with Gasteiger partial charge in [0.2, 0.25) is 11.8 Å². The van der Waals surface area contributed by atoms with Crippen LogP contribution < -0.4 is 5.32 Å². The van der Waals surface area contributed by atoms with Crippen LogP contribution >= 0.6 is 0 Å². The van der Waals surface area contributed by atoms with Crippen LogP contribution in [-0.2, 0) is 9.59 Å². The van der Waals surface area contributed by atoms with E-state index >= 15 is 0 Å². The van der Waals surface area contributed by atoms with Crippen LogP contribution in [0.5, 0.6) is 0 Å². The molecule has 0 aromatic rings. The highest BCUT2D eigenvalue weighted by molar-refractivity contribution is 5.94. The first-order chi connectivity index (χ1) is 7.11. The summed E-state index contributed by atoms with van der Waals surface area (Å²) in [4.78, 5) is 26.8. The van der Waals surface area contributed by atoms with Crippen molar-refractivity contribution >= 4 is 11.8 Å². The van der Waals surface area contributed by atoms with Crippen LogP contribution in [0.3, 0.4) is 0 Å². The van der Waals surface area contributed by atoms with E-state index in [1.807, 2.05) is 0 Å². The molecule has 0 aromatic carbocycles. The second kappa shape index (κ2) is 3.81. The van der Waals surface area contributed by atoms with Crippen LogP contribution in [0.2, 0.25) is 0 Å². The predicted octanol–water partition coefficient (Wildman–Crippen LogP) is -0.615. The fourth-order valence-corrected chi connectivity index (χ4v) is 2.15. The molecule has 2 saturated heterocycles. The van der Waals surface area contributed by atoms with E-state index in [0.717, 1.165) is 19.4 Å². The molecule has 15 heavy (non-hydrogen) atoms. The number of likely N-dealkylation sites (N-methyl/N-ethyl adjacent to an activating group) is 1. The minimum absolute atomic E-state index is 0.0239. The first-order valence-electron chi connectivity index (χ1n) is 5.41. The van der Waals surface area contributed by atoms with E-state index in [4.69, 9.17) is 0 Å². The van der Waals surface area contributed by atoms with Crippen LogP contribution in [-0.4, -0.2) is 54.0 Å². The number of nitrogens with zero attached hydrogens (tertiary/aromatic N) is 2. The van der Waals surface area contributed by atoms with Gasteiger partial charge in [0.15, 0.2) is 0 Å². The van der Waals surface area contributed by atoms with Crippen molar-refractivity contribution in [3.05, 3.63) is 0 Å². The minimum Gasteiger partial charge on any atom is -0.332 e. The molecule has 2 heterocycles. The van der Waals surface area contributed by atoms with Crippen molar-refractivity contribution in [2.75, 3.05) is 20.1 Å². The van der Waals surface area contributed by atoms with Crippen LogP contribution in [0.1, 0.15) is 19.8 Å². The summed E-state index contributed by atoms with van der Waals surface area (Å²) >= 11 is 0. The summed E-state index contributed by atoms with van der Waals surface area (Å²) in [5.74, 6) is 0.0762. The van der Waals surface area contributed by atoms with Gasteiger partial charge in [-0.15, -0.1) is 0 Å². The highest BCUT2D eigenvalue weighted by Gasteiger charge is 2.38. The van der Waals surface area contributed by atoms with E-state index in [0.29, 0.717) is 0 Å². The number of amides is 2. The standard InChI is InChI=1S/C10H17N3O2/c1-7-10(15)13(6-9(14)12(7)2)8-4-3-5-11-8/h7-8,11H,3-6H2,1-2H3. The number of piperazine rings is 1. The van der Waals surface area contributed by atoms with Gasteiger partial charge in [-0.05, 0) is 26.3 Å². The molecule has 2 fully saturated rings. The monoisotopic (exact) mass is 211 g/mol. The van der Waals surface area contributed by atoms with Crippen molar-refractivity contribution in [3.8, 4) is 0 Å². The molecule has 0 aromatic heterocycles. The quantitative estimate of drug-likeness (QED) is 0.629. The van der Waals surface area contributed by atoms with E-state index in [9.17, 15) is 9.59 Å². The lowest BCUT2D eigenvalue weighted by Gasteiger charge is -2.39. The molecule has 0 spiro atoms. The average Bonchev–Trinajstić information content (AvgIpc) is 2.73. The largest absolute Gasteiger partial charge is 0.332 e. The first-order valence-corrected chi connectivity index (χ1v) is 5.41. The maximum Gasteiger partial charge on any atom is 0.246 e. The topological polar surface area (TPSA) is 52.7 Å². The molecule has 1 N–H and O–H groups in total. The Morgan fingerprint density at radius 2 is 2.13 bits per heavy atom. The van der Waals surface area contributed by atoms with Gasteiger partial charge in [0, 0.05) is 7.05 Å². The highest BCUT2D eigenvalue weighted by Crippen LogP contribution is 2.17. The molecule has 2 aliphatic rings. The van der Waals surface area contributed by atoms with Gasteiger partial charge in [-0.1, -0.05) is 0 Å². The normalized spacial score (nSPS) is 32.7. The fraction of sp³-hybridized carbons (Fsp3) is 0.800. The maximum absolute atomic E-state index is 12.0. The van der Waals surface area contributed by atoms with E-state index in [2.05, 4.69) is 5.32 Å². The summed E-state index contributed by atoms with van der Waals surface area (Å²) < 4.78 is 0. The molecule has 5 nitrogen and oxygen atoms in total. The van der Waals surface area contributed by atoms with Gasteiger partial charge in [-0.3, -0.25) is 14.9 Å². The van der Waals surface area contributed by atoms with Crippen molar-refractivity contribution < 1.29 is 9.59 Å². The van der Waals surface area contributed by atoms with E-state index in [1.165, 1.54) is 4.90 Å². The molecule has 2 aliphatic heterocycles. The molecule has 5 heteroatoms. The number of hydrogen-bond acceptors (Lipinski definition) is 3. The lowest BCUT2D eigenvalue weighted by molar-refractivity contribution is -0.156. The Morgan fingerprint density at radius 1 is 1.40 bits per heavy atom. The van der Waals surface area contributed by atoms with Gasteiger partial charge >= 0.3 is 0 Å². The van der Waals surface area contributed by atoms with E-state index in [1.54, 1.807) is 18.9 Å². The lowest BCUT2D eigenvalue weighted by Crippen LogP contribution is -2.61. The maximum atomic E-state index is 12.0. The van der Waals surface area contributed by atoms with Gasteiger partial charge < -0.3 is 9.80 Å². The van der Waals surface area contributed by atoms with Crippen molar-refractivity contribution in [3.63, 3.8) is 0 Å². The summed E-state index contributed by atoms with van der Waals surface area (Å²) in [5.41, 5.74) is 0. The second-order valence-corrected chi connectivity index (χ2v) is 4.26. The third-order valence-electron chi connectivity index (χ3n) is 3.33. The Bertz CT molecular complexity index is 286. The van der Waals surface area contributed by atoms with Crippen molar-refractivity contribution in [1.82, 2.24) is 15.1 Å². The summed E-state index contributed by atoms with van der Waals surface area (Å²) in [6.45, 7) is 2.94. The molecular weight excluding hydrogens is 194 g/mol. The van der Waals surface area contributed by atoms with Gasteiger partial charge in [0.25, 0.3) is 0 Å². The van der Waals surface area contributed by atoms with Gasteiger partial charge in [0.1, 0.15) is 12.6 Å². The lowest BCUT2D eigenvalue weighted by atomic mass is 10.1. The number of carbonyl (C=O) groups is 2. The fourth-order valence-electron chi connectivity index (χ4n) is 2.15. The van der Waals surface area contributed by atoms with Crippen LogP contribution in [0.4, 0.5) is 0 Å². The Balaban J connectivity index is 2.12. The molecule has 0 saturated carbocycles. The molecule has 2 atom stereocenters. The molecular formula is C10H17N3O2. The molecule has 2 rings (SSSR count). The third-order valence-corrected chi connectivity index (χ3v) is 3.33. The first kappa shape index (κ1) is 10.4. The summed E-state index contributed by atoms with van der Waals surface area (Å²) in [6, 6.07) is -0.325. The van der Waals surface area contributed by atoms with Gasteiger partial charge in [0.05, 0.1) is 6.17 Å². The smallest absolute Gasteiger partial charge is 0.246 e. The zero-order chi connectivity index (χ0) is 11.0. The Morgan fingerprint density at radius 3 is 2.73 bits per heavy atom. The molecule has 0 radical (unpaired) electrons. The average molecular weight is 211 g/mol. The summed E-state index contributed by atoms with van der Waals surface area (Å²) in [5, 5.41) is 3.25. The van der Waals surface area contributed by atoms with E-state index in [-0.39, 0.29) is 30.6 Å². The zero-order valence-corrected chi connectivity index (χ0v) is 9.19. The van der Waals surface area contributed by atoms with Crippen molar-refractivity contribution in [1.29, 1.82) is 0 Å². The molecule has 2 unspecified atom stereocenters. The molecule has 84 valence electrons. The Labute approximate surface area is 89.4 Å². The summed E-state index contributed by atoms with van der Waals surface area (Å²) in [6.07, 6.45) is 2.10. The Hall–Kier alpha value is -1.10. The van der Waals surface area contributed by atoms with Gasteiger partial charge in [-0.2, -0.15) is 0 Å². The minimum atomic E-state index is -0.325. The number of carbonyl (C=O) groups excluding carboxylic acids is 2. The second-order valence-electron chi connectivity index (χ2n) is 4.26. The van der Waals surface area contributed by atoms with E-state index < -0.39 is 0 Å².